The maximum atomic E-state index is 11.8. The van der Waals surface area contributed by atoms with Gasteiger partial charge >= 0.3 is 248 Å². The summed E-state index contributed by atoms with van der Waals surface area (Å²) >= 11 is 5.32. The first-order valence-corrected chi connectivity index (χ1v) is 17.6. The molecule has 3 rings (SSSR count). The summed E-state index contributed by atoms with van der Waals surface area (Å²) in [6, 6.07) is 34.0. The van der Waals surface area contributed by atoms with Gasteiger partial charge in [-0.25, -0.2) is 0 Å². The fourth-order valence-electron chi connectivity index (χ4n) is 6.63. The van der Waals surface area contributed by atoms with Gasteiger partial charge in [0.05, 0.1) is 0 Å². The summed E-state index contributed by atoms with van der Waals surface area (Å²) in [6.45, 7) is 8.01. The normalized spacial score (nSPS) is 14.2. The van der Waals surface area contributed by atoms with Gasteiger partial charge in [-0.05, 0) is 0 Å². The first kappa shape index (κ1) is 32.3. The maximum absolute atomic E-state index is 11.8. The molecule has 0 fully saturated rings. The molecule has 0 radical (unpaired) electrons. The Bertz CT molecular complexity index is 1110. The van der Waals surface area contributed by atoms with Crippen molar-refractivity contribution in [1.29, 1.82) is 5.26 Å². The first-order chi connectivity index (χ1) is 19.1. The Labute approximate surface area is 247 Å². The zero-order valence-corrected chi connectivity index (χ0v) is 26.3. The summed E-state index contributed by atoms with van der Waals surface area (Å²) < 4.78 is 1.88. The van der Waals surface area contributed by atoms with Crippen molar-refractivity contribution in [2.75, 3.05) is 12.3 Å². The molecule has 1 unspecified atom stereocenters. The third kappa shape index (κ3) is 7.17. The molecular weight excluding hydrogens is 531 g/mol. The quantitative estimate of drug-likeness (QED) is 0.0736. The monoisotopic (exact) mass is 578 g/mol. The van der Waals surface area contributed by atoms with Crippen molar-refractivity contribution in [2.45, 2.75) is 82.5 Å². The Morgan fingerprint density at radius 2 is 1.15 bits per heavy atom. The summed E-state index contributed by atoms with van der Waals surface area (Å²) in [5.41, 5.74) is 3.20. The summed E-state index contributed by atoms with van der Waals surface area (Å²) in [6.07, 6.45) is 3.94. The molecule has 216 valence electrons. The van der Waals surface area contributed by atoms with E-state index in [1.165, 1.54) is 16.7 Å². The molecule has 0 amide bonds. The topological polar surface area (TPSA) is 67.5 Å². The van der Waals surface area contributed by atoms with Gasteiger partial charge in [0, 0.05) is 0 Å². The number of nitriles is 1. The Morgan fingerprint density at radius 1 is 0.725 bits per heavy atom. The van der Waals surface area contributed by atoms with Crippen LogP contribution in [0.15, 0.2) is 91.0 Å². The molecule has 3 aromatic rings. The van der Waals surface area contributed by atoms with Crippen LogP contribution in [-0.4, -0.2) is 44.1 Å². The standard InChI is InChI=1S/C34H47N2O2PS/c1-28(2)36(29(3)4)39(37,38,27-17-25-35)26-16-8-15-24-33(40)34(30-18-9-5-10-19-30,31-20-11-6-12-21-31)32-22-13-7-14-23-32/h5-7,9-14,18-23,28-29,33,37-38,40H,8,15-17,24,26-27H2,1-4H3. The van der Waals surface area contributed by atoms with Crippen LogP contribution in [0.25, 0.3) is 0 Å². The number of nitrogens with zero attached hydrogens (tertiary/aromatic N) is 2. The van der Waals surface area contributed by atoms with Crippen LogP contribution >= 0.6 is 19.8 Å². The molecule has 0 spiro atoms. The summed E-state index contributed by atoms with van der Waals surface area (Å²) in [5.74, 6) is 0. The Balaban J connectivity index is 1.85. The molecule has 3 aromatic carbocycles. The molecule has 0 aliphatic carbocycles. The summed E-state index contributed by atoms with van der Waals surface area (Å²) in [7, 11) is -4.20. The van der Waals surface area contributed by atoms with Gasteiger partial charge in [0.2, 0.25) is 0 Å². The zero-order chi connectivity index (χ0) is 29.3. The molecule has 0 bridgehead atoms. The van der Waals surface area contributed by atoms with Crippen LogP contribution in [0, 0.1) is 11.3 Å². The first-order valence-electron chi connectivity index (χ1n) is 14.6. The number of unbranched alkanes of at least 4 members (excludes halogenated alkanes) is 2. The fraction of sp³-hybridized carbons (Fsp3) is 0.441. The zero-order valence-electron chi connectivity index (χ0n) is 24.5. The number of thiol groups is 1. The average Bonchev–Trinajstić information content (AvgIpc) is 2.93. The number of hydrogen-bond donors (Lipinski definition) is 3. The third-order valence-corrected chi connectivity index (χ3v) is 13.1. The Hall–Kier alpha value is -2.19. The van der Waals surface area contributed by atoms with Crippen LogP contribution in [0.3, 0.4) is 0 Å². The van der Waals surface area contributed by atoms with E-state index < -0.39 is 12.6 Å². The molecule has 4 nitrogen and oxygen atoms in total. The van der Waals surface area contributed by atoms with E-state index in [1.54, 1.807) is 0 Å². The second-order valence-corrected chi connectivity index (χ2v) is 16.2. The van der Waals surface area contributed by atoms with Gasteiger partial charge in [-0.3, -0.25) is 0 Å². The predicted octanol–water partition coefficient (Wildman–Crippen LogP) is 8.20. The average molecular weight is 579 g/mol. The minimum atomic E-state index is -4.20. The molecule has 0 saturated carbocycles. The van der Waals surface area contributed by atoms with Crippen LogP contribution < -0.4 is 0 Å². The van der Waals surface area contributed by atoms with Crippen molar-refractivity contribution in [3.05, 3.63) is 108 Å². The van der Waals surface area contributed by atoms with Crippen molar-refractivity contribution < 1.29 is 9.79 Å². The van der Waals surface area contributed by atoms with Crippen molar-refractivity contribution in [3.63, 3.8) is 0 Å². The summed E-state index contributed by atoms with van der Waals surface area (Å²) in [4.78, 5) is 23.7. The number of benzene rings is 3. The Morgan fingerprint density at radius 3 is 1.52 bits per heavy atom. The van der Waals surface area contributed by atoms with E-state index in [-0.39, 0.29) is 29.9 Å². The second-order valence-electron chi connectivity index (χ2n) is 11.5. The molecule has 6 heteroatoms. The van der Waals surface area contributed by atoms with E-state index in [1.807, 2.05) is 32.4 Å². The predicted molar refractivity (Wildman–Crippen MR) is 174 cm³/mol. The molecule has 0 aromatic heterocycles. The molecule has 0 aliphatic rings. The Kier molecular flexibility index (Phi) is 11.4. The molecular formula is C34H47N2O2PS. The number of hydrogen-bond acceptors (Lipinski definition) is 5. The van der Waals surface area contributed by atoms with Crippen molar-refractivity contribution in [2.24, 2.45) is 0 Å². The number of rotatable bonds is 15. The van der Waals surface area contributed by atoms with Crippen molar-refractivity contribution in [1.82, 2.24) is 4.67 Å². The fourth-order valence-corrected chi connectivity index (χ4v) is 11.5. The minimum absolute atomic E-state index is 0.000374. The van der Waals surface area contributed by atoms with Crippen LogP contribution in [0.1, 0.15) is 76.5 Å². The van der Waals surface area contributed by atoms with Gasteiger partial charge in [-0.15, -0.1) is 0 Å². The van der Waals surface area contributed by atoms with Crippen LogP contribution in [0.2, 0.25) is 0 Å². The second kappa shape index (κ2) is 14.1. The van der Waals surface area contributed by atoms with Crippen LogP contribution in [0.5, 0.6) is 0 Å². The van der Waals surface area contributed by atoms with Crippen LogP contribution in [0.4, 0.5) is 0 Å². The van der Waals surface area contributed by atoms with Crippen LogP contribution in [-0.2, 0) is 5.41 Å². The third-order valence-electron chi connectivity index (χ3n) is 8.05. The van der Waals surface area contributed by atoms with Gasteiger partial charge in [-0.2, -0.15) is 0 Å². The molecule has 2 N–H and O–H groups in total. The van der Waals surface area contributed by atoms with E-state index >= 15 is 0 Å². The molecule has 40 heavy (non-hydrogen) atoms. The summed E-state index contributed by atoms with van der Waals surface area (Å²) in [5, 5.41) is 9.25. The van der Waals surface area contributed by atoms with E-state index in [2.05, 4.69) is 97.1 Å². The van der Waals surface area contributed by atoms with E-state index in [9.17, 15) is 15.0 Å². The molecule has 0 heterocycles. The van der Waals surface area contributed by atoms with E-state index in [0.717, 1.165) is 19.3 Å². The molecule has 1 atom stereocenters. The molecule has 0 saturated heterocycles. The van der Waals surface area contributed by atoms with Gasteiger partial charge < -0.3 is 0 Å². The van der Waals surface area contributed by atoms with Gasteiger partial charge in [0.1, 0.15) is 0 Å². The van der Waals surface area contributed by atoms with E-state index in [4.69, 9.17) is 12.6 Å². The van der Waals surface area contributed by atoms with E-state index in [0.29, 0.717) is 12.6 Å². The van der Waals surface area contributed by atoms with Gasteiger partial charge in [0.15, 0.2) is 0 Å². The van der Waals surface area contributed by atoms with Gasteiger partial charge in [-0.1, -0.05) is 0 Å². The molecule has 0 aliphatic heterocycles. The van der Waals surface area contributed by atoms with Gasteiger partial charge in [0.25, 0.3) is 0 Å². The van der Waals surface area contributed by atoms with Crippen molar-refractivity contribution >= 4 is 19.8 Å². The SMILES string of the molecule is CC(C)N(C(C)C)P(O)(O)(CCC#N)CCCCCC(S)C(c1ccccc1)(c1ccccc1)c1ccccc1. The van der Waals surface area contributed by atoms with Crippen molar-refractivity contribution in [3.8, 4) is 6.07 Å².